The molecule has 0 aromatic heterocycles. The zero-order valence-corrected chi connectivity index (χ0v) is 20.7. The molecule has 0 bridgehead atoms. The van der Waals surface area contributed by atoms with E-state index < -0.39 is 11.9 Å². The number of hydrogen-bond acceptors (Lipinski definition) is 8. The van der Waals surface area contributed by atoms with Crippen LogP contribution in [0, 0.1) is 17.2 Å². The third-order valence-corrected chi connectivity index (χ3v) is 5.36. The second kappa shape index (κ2) is 17.6. The minimum absolute atomic E-state index is 0.0176. The van der Waals surface area contributed by atoms with Gasteiger partial charge in [0.05, 0.1) is 41.7 Å². The van der Waals surface area contributed by atoms with Crippen LogP contribution in [-0.4, -0.2) is 42.0 Å². The normalized spacial score (nSPS) is 13.2. The first-order valence-electron chi connectivity index (χ1n) is 14.3. The Morgan fingerprint density at radius 2 is 1.62 bits per heavy atom. The van der Waals surface area contributed by atoms with Gasteiger partial charge in [0.25, 0.3) is 0 Å². The number of nitrogens with zero attached hydrogens (tertiary/aromatic N) is 3. The lowest BCUT2D eigenvalue weighted by atomic mass is 10.0. The number of carboxylic acids is 1. The number of unbranched alkanes of at least 4 members (excludes halogenated alkanes) is 4. The molecule has 2 rings (SSSR count). The topological polar surface area (TPSA) is 142 Å². The Bertz CT molecular complexity index is 1210. The molecule has 0 saturated carbocycles. The Labute approximate surface area is 223 Å². The summed E-state index contributed by atoms with van der Waals surface area (Å²) in [6.45, 7) is 0.206. The van der Waals surface area contributed by atoms with Gasteiger partial charge in [-0.25, -0.2) is 0 Å². The molecule has 0 spiro atoms. The molecule has 198 valence electrons. The van der Waals surface area contributed by atoms with E-state index in [1.165, 1.54) is 0 Å². The Hall–Kier alpha value is -3.77. The molecule has 0 amide bonds. The summed E-state index contributed by atoms with van der Waals surface area (Å²) >= 11 is 0. The molecule has 0 heterocycles. The Kier molecular flexibility index (Phi) is 11.3. The van der Waals surface area contributed by atoms with E-state index in [2.05, 4.69) is 10.2 Å². The van der Waals surface area contributed by atoms with Gasteiger partial charge in [0.15, 0.2) is 0 Å². The van der Waals surface area contributed by atoms with Crippen molar-refractivity contribution in [3.8, 4) is 11.8 Å². The highest BCUT2D eigenvalue weighted by molar-refractivity contribution is 5.69. The number of azo groups is 1. The minimum Gasteiger partial charge on any atom is -0.494 e. The standard InChI is InChI=1S/C28H35N3O6/c29-19-22-10-12-24(13-11-22)30-31-25-14-16-26(17-15-25)36-18-6-2-1-3-7-23(20-32)21-37-28(35)9-5-4-8-27(33)34/h10-17,23,32H,1-9,18,20-21H2,(H,33,34)/i14D,15D,16D,17D. The molecule has 0 aliphatic carbocycles. The highest BCUT2D eigenvalue weighted by Crippen LogP contribution is 2.22. The van der Waals surface area contributed by atoms with E-state index in [4.69, 9.17) is 25.3 Å². The fraction of sp³-hybridized carbons (Fsp3) is 0.464. The maximum Gasteiger partial charge on any atom is 0.305 e. The van der Waals surface area contributed by atoms with Crippen LogP contribution in [0.5, 0.6) is 5.75 Å². The van der Waals surface area contributed by atoms with Crippen LogP contribution < -0.4 is 4.74 Å². The van der Waals surface area contributed by atoms with Crippen molar-refractivity contribution in [2.24, 2.45) is 16.1 Å². The number of aliphatic hydroxyl groups excluding tert-OH is 1. The predicted octanol–water partition coefficient (Wildman–Crippen LogP) is 6.10. The zero-order valence-electron chi connectivity index (χ0n) is 24.7. The number of ether oxygens (including phenoxy) is 2. The second-order valence-electron chi connectivity index (χ2n) is 8.42. The number of nitriles is 1. The predicted molar refractivity (Wildman–Crippen MR) is 138 cm³/mol. The SMILES string of the molecule is [2H]c1c([2H])c(OCCCCCCC(CO)COC(=O)CCCCC(=O)O)c([2H])c([2H])c1N=Nc1ccc(C#N)cc1. The van der Waals surface area contributed by atoms with Gasteiger partial charge in [0.2, 0.25) is 0 Å². The van der Waals surface area contributed by atoms with Gasteiger partial charge in [-0.05, 0) is 74.1 Å². The average Bonchev–Trinajstić information content (AvgIpc) is 2.97. The molecule has 2 N–H and O–H groups in total. The molecule has 0 fully saturated rings. The van der Waals surface area contributed by atoms with Crippen LogP contribution in [0.4, 0.5) is 11.4 Å². The van der Waals surface area contributed by atoms with E-state index in [0.29, 0.717) is 36.9 Å². The minimum atomic E-state index is -0.897. The average molecular weight is 514 g/mol. The van der Waals surface area contributed by atoms with E-state index in [-0.39, 0.29) is 74.2 Å². The number of aliphatic hydroxyl groups is 1. The lowest BCUT2D eigenvalue weighted by molar-refractivity contribution is -0.146. The monoisotopic (exact) mass is 513 g/mol. The van der Waals surface area contributed by atoms with Gasteiger partial charge in [0.1, 0.15) is 5.75 Å². The van der Waals surface area contributed by atoms with Crippen LogP contribution in [0.3, 0.4) is 0 Å². The van der Waals surface area contributed by atoms with Gasteiger partial charge >= 0.3 is 11.9 Å². The molecule has 9 nitrogen and oxygen atoms in total. The Morgan fingerprint density at radius 3 is 2.30 bits per heavy atom. The van der Waals surface area contributed by atoms with Gasteiger partial charge < -0.3 is 19.7 Å². The number of aliphatic carboxylic acids is 1. The third kappa shape index (κ3) is 13.2. The van der Waals surface area contributed by atoms with Crippen LogP contribution >= 0.6 is 0 Å². The van der Waals surface area contributed by atoms with Crippen molar-refractivity contribution >= 4 is 23.3 Å². The van der Waals surface area contributed by atoms with Crippen LogP contribution in [-0.2, 0) is 14.3 Å². The van der Waals surface area contributed by atoms with Crippen molar-refractivity contribution in [2.45, 2.75) is 57.8 Å². The van der Waals surface area contributed by atoms with E-state index in [9.17, 15) is 14.7 Å². The van der Waals surface area contributed by atoms with Crippen molar-refractivity contribution in [1.29, 1.82) is 5.26 Å². The third-order valence-electron chi connectivity index (χ3n) is 5.36. The number of benzene rings is 2. The first kappa shape index (κ1) is 23.6. The number of carboxylic acid groups (broad SMARTS) is 1. The van der Waals surface area contributed by atoms with Gasteiger partial charge in [-0.2, -0.15) is 15.5 Å². The fourth-order valence-corrected chi connectivity index (χ4v) is 3.25. The summed E-state index contributed by atoms with van der Waals surface area (Å²) in [6, 6.07) is 6.80. The van der Waals surface area contributed by atoms with Gasteiger partial charge in [0, 0.05) is 25.4 Å². The number of esters is 1. The first-order chi connectivity index (χ1) is 19.7. The fourth-order valence-electron chi connectivity index (χ4n) is 3.25. The molecular formula is C28H35N3O6. The number of rotatable bonds is 18. The largest absolute Gasteiger partial charge is 0.494 e. The van der Waals surface area contributed by atoms with Crippen LogP contribution in [0.15, 0.2) is 58.7 Å². The number of carbonyl (C=O) groups excluding carboxylic acids is 1. The Balaban J connectivity index is 1.75. The summed E-state index contributed by atoms with van der Waals surface area (Å²) < 4.78 is 43.6. The van der Waals surface area contributed by atoms with Crippen LogP contribution in [0.2, 0.25) is 0 Å². The smallest absolute Gasteiger partial charge is 0.305 e. The summed E-state index contributed by atoms with van der Waals surface area (Å²) in [6.07, 6.45) is 4.71. The summed E-state index contributed by atoms with van der Waals surface area (Å²) in [5, 5.41) is 34.9. The van der Waals surface area contributed by atoms with Crippen molar-refractivity contribution in [2.75, 3.05) is 19.8 Å². The number of hydrogen-bond donors (Lipinski definition) is 2. The first-order valence-corrected chi connectivity index (χ1v) is 12.3. The number of carbonyl (C=O) groups is 2. The molecule has 2 aromatic rings. The Morgan fingerprint density at radius 1 is 0.946 bits per heavy atom. The van der Waals surface area contributed by atoms with Gasteiger partial charge in [-0.15, -0.1) is 0 Å². The summed E-state index contributed by atoms with van der Waals surface area (Å²) in [5.74, 6) is -1.62. The summed E-state index contributed by atoms with van der Waals surface area (Å²) in [4.78, 5) is 22.2. The van der Waals surface area contributed by atoms with Gasteiger partial charge in [-0.1, -0.05) is 19.3 Å². The summed E-state index contributed by atoms with van der Waals surface area (Å²) in [5.41, 5.74) is 0.641. The second-order valence-corrected chi connectivity index (χ2v) is 8.42. The maximum absolute atomic E-state index is 11.8. The summed E-state index contributed by atoms with van der Waals surface area (Å²) in [7, 11) is 0. The van der Waals surface area contributed by atoms with Crippen molar-refractivity contribution in [1.82, 2.24) is 0 Å². The molecule has 0 radical (unpaired) electrons. The molecule has 1 unspecified atom stereocenters. The molecule has 0 aliphatic heterocycles. The molecule has 0 saturated heterocycles. The molecular weight excluding hydrogens is 474 g/mol. The quantitative estimate of drug-likeness (QED) is 0.139. The molecule has 9 heteroatoms. The van der Waals surface area contributed by atoms with E-state index in [1.807, 2.05) is 6.07 Å². The van der Waals surface area contributed by atoms with Crippen molar-refractivity contribution < 1.29 is 34.8 Å². The van der Waals surface area contributed by atoms with Crippen molar-refractivity contribution in [3.63, 3.8) is 0 Å². The van der Waals surface area contributed by atoms with E-state index in [1.54, 1.807) is 24.3 Å². The van der Waals surface area contributed by atoms with Crippen LogP contribution in [0.1, 0.15) is 68.8 Å². The highest BCUT2D eigenvalue weighted by Gasteiger charge is 2.11. The van der Waals surface area contributed by atoms with Gasteiger partial charge in [-0.3, -0.25) is 9.59 Å². The molecule has 0 aliphatic rings. The lowest BCUT2D eigenvalue weighted by Gasteiger charge is -2.14. The highest BCUT2D eigenvalue weighted by atomic mass is 16.5. The lowest BCUT2D eigenvalue weighted by Crippen LogP contribution is -2.17. The van der Waals surface area contributed by atoms with Crippen LogP contribution in [0.25, 0.3) is 0 Å². The zero-order chi connectivity index (χ0) is 30.2. The van der Waals surface area contributed by atoms with E-state index in [0.717, 1.165) is 19.3 Å². The van der Waals surface area contributed by atoms with E-state index >= 15 is 0 Å². The molecule has 37 heavy (non-hydrogen) atoms. The maximum atomic E-state index is 11.8. The molecule has 2 aromatic carbocycles. The van der Waals surface area contributed by atoms with Crippen molar-refractivity contribution in [3.05, 3.63) is 54.0 Å². The molecule has 1 atom stereocenters.